The number of amides is 3. The summed E-state index contributed by atoms with van der Waals surface area (Å²) < 4.78 is 10.1. The van der Waals surface area contributed by atoms with Crippen LogP contribution in [0.5, 0.6) is 0 Å². The average Bonchev–Trinajstić information content (AvgIpc) is 2.87. The van der Waals surface area contributed by atoms with Crippen LogP contribution in [0.2, 0.25) is 0 Å². The lowest BCUT2D eigenvalue weighted by Gasteiger charge is -2.36. The molecule has 0 saturated carbocycles. The molecule has 0 heterocycles. The number of carbonyl (C=O) groups is 4. The van der Waals surface area contributed by atoms with Gasteiger partial charge in [-0.25, -0.2) is 4.79 Å². The molecule has 1 aromatic rings. The summed E-state index contributed by atoms with van der Waals surface area (Å²) in [4.78, 5) is 53.7. The summed E-state index contributed by atoms with van der Waals surface area (Å²) >= 11 is 0. The van der Waals surface area contributed by atoms with Crippen molar-refractivity contribution in [3.8, 4) is 0 Å². The second-order valence-corrected chi connectivity index (χ2v) is 10.3. The van der Waals surface area contributed by atoms with E-state index in [0.717, 1.165) is 18.4 Å². The molecule has 0 aliphatic heterocycles. The molecule has 3 unspecified atom stereocenters. The Morgan fingerprint density at radius 3 is 2.37 bits per heavy atom. The lowest BCUT2D eigenvalue weighted by molar-refractivity contribution is -0.145. The molecule has 0 fully saturated rings. The minimum absolute atomic E-state index is 0.234. The van der Waals surface area contributed by atoms with Gasteiger partial charge in [0.25, 0.3) is 0 Å². The predicted molar refractivity (Wildman–Crippen MR) is 148 cm³/mol. The number of alkyl carbamates (subject to hydrolysis) is 1. The first-order valence-electron chi connectivity index (χ1n) is 13.2. The van der Waals surface area contributed by atoms with Crippen LogP contribution < -0.4 is 10.6 Å². The number of methoxy groups -OCH3 is 1. The smallest absolute Gasteiger partial charge is 0.408 e. The quantitative estimate of drug-likeness (QED) is 0.268. The van der Waals surface area contributed by atoms with Gasteiger partial charge in [-0.15, -0.1) is 0 Å². The zero-order valence-electron chi connectivity index (χ0n) is 24.0. The van der Waals surface area contributed by atoms with E-state index < -0.39 is 41.6 Å². The van der Waals surface area contributed by atoms with Crippen molar-refractivity contribution < 1.29 is 28.7 Å². The molecule has 0 bridgehead atoms. The van der Waals surface area contributed by atoms with E-state index in [0.29, 0.717) is 18.4 Å². The van der Waals surface area contributed by atoms with E-state index in [1.165, 1.54) is 12.0 Å². The van der Waals surface area contributed by atoms with Crippen LogP contribution in [0.4, 0.5) is 4.79 Å². The van der Waals surface area contributed by atoms with Gasteiger partial charge < -0.3 is 25.0 Å². The van der Waals surface area contributed by atoms with Gasteiger partial charge in [-0.1, -0.05) is 70.9 Å². The van der Waals surface area contributed by atoms with Crippen LogP contribution in [0.15, 0.2) is 30.8 Å². The highest BCUT2D eigenvalue weighted by atomic mass is 16.6. The SMILES string of the molecule is C=Cc1cccc(C(C(=O)NCC(=O)OC)N(CCCCC)C(=O)C(NC(=O)OC(C)(C)C)C(C)CC)c1. The van der Waals surface area contributed by atoms with Crippen LogP contribution in [0.3, 0.4) is 0 Å². The lowest BCUT2D eigenvalue weighted by atomic mass is 9.95. The molecule has 1 aromatic carbocycles. The Morgan fingerprint density at radius 1 is 1.13 bits per heavy atom. The molecule has 0 saturated heterocycles. The van der Waals surface area contributed by atoms with Gasteiger partial charge in [-0.3, -0.25) is 14.4 Å². The Morgan fingerprint density at radius 2 is 1.82 bits per heavy atom. The van der Waals surface area contributed by atoms with Gasteiger partial charge in [-0.2, -0.15) is 0 Å². The fourth-order valence-electron chi connectivity index (χ4n) is 3.85. The summed E-state index contributed by atoms with van der Waals surface area (Å²) in [6.07, 6.45) is 3.98. The van der Waals surface area contributed by atoms with Gasteiger partial charge in [0.15, 0.2) is 0 Å². The standard InChI is InChI=1S/C29H45N3O6/c1-9-12-13-17-32(27(35)24(20(4)10-2)31-28(36)38-29(5,6)7)25(26(34)30-19-23(33)37-8)22-16-14-15-21(11-3)18-22/h11,14-16,18,20,24-25H,3,9-10,12-13,17,19H2,1-2,4-8H3,(H,30,34)(H,31,36). The maximum absolute atomic E-state index is 14.2. The van der Waals surface area contributed by atoms with Crippen molar-refractivity contribution in [2.24, 2.45) is 5.92 Å². The second kappa shape index (κ2) is 15.8. The Balaban J connectivity index is 3.56. The van der Waals surface area contributed by atoms with Crippen molar-refractivity contribution in [3.05, 3.63) is 42.0 Å². The van der Waals surface area contributed by atoms with Gasteiger partial charge in [-0.05, 0) is 50.3 Å². The lowest BCUT2D eigenvalue weighted by Crippen LogP contribution is -2.55. The number of hydrogen-bond acceptors (Lipinski definition) is 6. The normalized spacial score (nSPS) is 13.4. The van der Waals surface area contributed by atoms with Crippen molar-refractivity contribution in [3.63, 3.8) is 0 Å². The number of hydrogen-bond donors (Lipinski definition) is 2. The first kappa shape index (κ1) is 32.7. The maximum atomic E-state index is 14.2. The van der Waals surface area contributed by atoms with Crippen LogP contribution >= 0.6 is 0 Å². The van der Waals surface area contributed by atoms with Gasteiger partial charge in [0, 0.05) is 6.54 Å². The zero-order valence-corrected chi connectivity index (χ0v) is 24.0. The molecule has 3 amide bonds. The Hall–Kier alpha value is -3.36. The number of carbonyl (C=O) groups excluding carboxylic acids is 4. The van der Waals surface area contributed by atoms with E-state index in [9.17, 15) is 19.2 Å². The topological polar surface area (TPSA) is 114 Å². The second-order valence-electron chi connectivity index (χ2n) is 10.3. The molecule has 0 radical (unpaired) electrons. The molecule has 0 aliphatic rings. The summed E-state index contributed by atoms with van der Waals surface area (Å²) in [6.45, 7) is 14.8. The number of unbranched alkanes of at least 4 members (excludes halogenated alkanes) is 2. The third-order valence-electron chi connectivity index (χ3n) is 6.09. The van der Waals surface area contributed by atoms with E-state index in [1.807, 2.05) is 26.8 Å². The minimum Gasteiger partial charge on any atom is -0.468 e. The van der Waals surface area contributed by atoms with Crippen LogP contribution in [-0.4, -0.2) is 60.6 Å². The molecular formula is C29H45N3O6. The van der Waals surface area contributed by atoms with Crippen LogP contribution in [0.1, 0.15) is 84.4 Å². The molecule has 1 rings (SSSR count). The first-order valence-corrected chi connectivity index (χ1v) is 13.2. The van der Waals surface area contributed by atoms with Gasteiger partial charge in [0.05, 0.1) is 7.11 Å². The third-order valence-corrected chi connectivity index (χ3v) is 6.09. The molecule has 0 spiro atoms. The number of nitrogens with zero attached hydrogens (tertiary/aromatic N) is 1. The Kier molecular flexibility index (Phi) is 13.6. The summed E-state index contributed by atoms with van der Waals surface area (Å²) in [7, 11) is 1.24. The number of esters is 1. The molecule has 9 heteroatoms. The van der Waals surface area contributed by atoms with E-state index in [2.05, 4.69) is 21.9 Å². The van der Waals surface area contributed by atoms with Crippen molar-refractivity contribution >= 4 is 30.0 Å². The summed E-state index contributed by atoms with van der Waals surface area (Å²) in [5.41, 5.74) is 0.601. The molecule has 3 atom stereocenters. The van der Waals surface area contributed by atoms with E-state index >= 15 is 0 Å². The van der Waals surface area contributed by atoms with E-state index in [-0.39, 0.29) is 19.0 Å². The summed E-state index contributed by atoms with van der Waals surface area (Å²) in [5, 5.41) is 5.35. The fraction of sp³-hybridized carbons (Fsp3) is 0.586. The number of rotatable bonds is 14. The number of nitrogens with one attached hydrogen (secondary N) is 2. The Bertz CT molecular complexity index is 956. The van der Waals surface area contributed by atoms with Crippen molar-refractivity contribution in [2.75, 3.05) is 20.2 Å². The molecule has 212 valence electrons. The number of ether oxygens (including phenoxy) is 2. The largest absolute Gasteiger partial charge is 0.468 e. The predicted octanol–water partition coefficient (Wildman–Crippen LogP) is 4.62. The van der Waals surface area contributed by atoms with Gasteiger partial charge in [0.2, 0.25) is 11.8 Å². The maximum Gasteiger partial charge on any atom is 0.408 e. The molecular weight excluding hydrogens is 486 g/mol. The third kappa shape index (κ3) is 10.6. The molecule has 0 aliphatic carbocycles. The summed E-state index contributed by atoms with van der Waals surface area (Å²) in [6, 6.07) is 5.21. The van der Waals surface area contributed by atoms with Crippen molar-refractivity contribution in [1.82, 2.24) is 15.5 Å². The zero-order chi connectivity index (χ0) is 28.9. The van der Waals surface area contributed by atoms with Gasteiger partial charge >= 0.3 is 12.1 Å². The van der Waals surface area contributed by atoms with Crippen LogP contribution in [-0.2, 0) is 23.9 Å². The minimum atomic E-state index is -1.05. The molecule has 9 nitrogen and oxygen atoms in total. The van der Waals surface area contributed by atoms with Crippen molar-refractivity contribution in [1.29, 1.82) is 0 Å². The van der Waals surface area contributed by atoms with Crippen LogP contribution in [0.25, 0.3) is 6.08 Å². The van der Waals surface area contributed by atoms with Crippen molar-refractivity contribution in [2.45, 2.75) is 84.9 Å². The van der Waals surface area contributed by atoms with Crippen LogP contribution in [0, 0.1) is 5.92 Å². The monoisotopic (exact) mass is 531 g/mol. The fourth-order valence-corrected chi connectivity index (χ4v) is 3.85. The Labute approximate surface area is 227 Å². The molecule has 0 aromatic heterocycles. The van der Waals surface area contributed by atoms with E-state index in [1.54, 1.807) is 45.0 Å². The van der Waals surface area contributed by atoms with Gasteiger partial charge in [0.1, 0.15) is 24.2 Å². The van der Waals surface area contributed by atoms with E-state index in [4.69, 9.17) is 4.74 Å². The summed E-state index contributed by atoms with van der Waals surface area (Å²) in [5.74, 6) is -1.77. The highest BCUT2D eigenvalue weighted by Crippen LogP contribution is 2.26. The first-order chi connectivity index (χ1) is 17.9. The molecule has 2 N–H and O–H groups in total. The highest BCUT2D eigenvalue weighted by Gasteiger charge is 2.38. The number of benzene rings is 1. The highest BCUT2D eigenvalue weighted by molar-refractivity contribution is 5.93. The average molecular weight is 532 g/mol. The molecule has 38 heavy (non-hydrogen) atoms.